The average molecular weight is 295 g/mol. The van der Waals surface area contributed by atoms with E-state index in [-0.39, 0.29) is 11.3 Å². The summed E-state index contributed by atoms with van der Waals surface area (Å²) in [7, 11) is -1.01. The molecule has 1 aliphatic rings. The molecule has 2 unspecified atom stereocenters. The van der Waals surface area contributed by atoms with Crippen molar-refractivity contribution in [2.45, 2.75) is 49.8 Å². The molecule has 0 bridgehead atoms. The van der Waals surface area contributed by atoms with Gasteiger partial charge >= 0.3 is 0 Å². The number of hydrogen-bond acceptors (Lipinski definition) is 3. The van der Waals surface area contributed by atoms with Crippen LogP contribution < -0.4 is 5.32 Å². The van der Waals surface area contributed by atoms with E-state index in [0.29, 0.717) is 5.75 Å². The third-order valence-corrected chi connectivity index (χ3v) is 6.62. The molecule has 2 atom stereocenters. The molecule has 1 heterocycles. The van der Waals surface area contributed by atoms with Crippen LogP contribution >= 0.6 is 0 Å². The first-order valence-electron chi connectivity index (χ1n) is 7.56. The number of hydrogen-bond donors (Lipinski definition) is 1. The molecule has 3 nitrogen and oxygen atoms in total. The molecule has 1 fully saturated rings. The predicted molar refractivity (Wildman–Crippen MR) is 83.7 cm³/mol. The Kier molecular flexibility index (Phi) is 5.61. The number of rotatable bonds is 6. The van der Waals surface area contributed by atoms with Crippen LogP contribution in [-0.2, 0) is 16.3 Å². The van der Waals surface area contributed by atoms with Gasteiger partial charge in [-0.25, -0.2) is 8.42 Å². The van der Waals surface area contributed by atoms with E-state index in [1.807, 2.05) is 13.1 Å². The van der Waals surface area contributed by atoms with E-state index in [9.17, 15) is 8.42 Å². The Morgan fingerprint density at radius 1 is 1.25 bits per heavy atom. The highest BCUT2D eigenvalue weighted by Crippen LogP contribution is 2.24. The van der Waals surface area contributed by atoms with Crippen molar-refractivity contribution < 1.29 is 8.42 Å². The lowest BCUT2D eigenvalue weighted by atomic mass is 10.00. The molecule has 1 saturated heterocycles. The van der Waals surface area contributed by atoms with Gasteiger partial charge in [-0.3, -0.25) is 0 Å². The van der Waals surface area contributed by atoms with Crippen molar-refractivity contribution in [2.75, 3.05) is 12.8 Å². The molecule has 4 heteroatoms. The van der Waals surface area contributed by atoms with Crippen molar-refractivity contribution in [3.8, 4) is 0 Å². The van der Waals surface area contributed by atoms with Gasteiger partial charge in [-0.15, -0.1) is 0 Å². The minimum Gasteiger partial charge on any atom is -0.316 e. The topological polar surface area (TPSA) is 46.2 Å². The lowest BCUT2D eigenvalue weighted by Gasteiger charge is -2.30. The van der Waals surface area contributed by atoms with Crippen LogP contribution in [0.25, 0.3) is 0 Å². The molecule has 0 amide bonds. The molecule has 1 N–H and O–H groups in total. The standard InChI is InChI=1S/C16H25NO2S/c1-17-15(16-12-5-6-13-20(16,18)19)11-7-10-14-8-3-2-4-9-14/h2-4,8-9,15-17H,5-7,10-13H2,1H3. The highest BCUT2D eigenvalue weighted by molar-refractivity contribution is 7.92. The maximum atomic E-state index is 12.2. The molecule has 0 aromatic heterocycles. The van der Waals surface area contributed by atoms with Gasteiger partial charge in [0.15, 0.2) is 9.84 Å². The molecule has 20 heavy (non-hydrogen) atoms. The van der Waals surface area contributed by atoms with Crippen molar-refractivity contribution in [2.24, 2.45) is 0 Å². The minimum absolute atomic E-state index is 0.101. The van der Waals surface area contributed by atoms with Crippen molar-refractivity contribution >= 4 is 9.84 Å². The van der Waals surface area contributed by atoms with Crippen LogP contribution in [0.5, 0.6) is 0 Å². The SMILES string of the molecule is CNC(CCCc1ccccc1)C1CCCCS1(=O)=O. The van der Waals surface area contributed by atoms with Crippen molar-refractivity contribution in [1.82, 2.24) is 5.32 Å². The van der Waals surface area contributed by atoms with E-state index in [2.05, 4.69) is 29.6 Å². The minimum atomic E-state index is -2.89. The third-order valence-electron chi connectivity index (χ3n) is 4.27. The van der Waals surface area contributed by atoms with Gasteiger partial charge in [-0.05, 0) is 44.7 Å². The summed E-state index contributed by atoms with van der Waals surface area (Å²) < 4.78 is 24.4. The molecule has 1 aromatic rings. The van der Waals surface area contributed by atoms with Crippen LogP contribution in [0.4, 0.5) is 0 Å². The van der Waals surface area contributed by atoms with E-state index in [1.165, 1.54) is 5.56 Å². The first kappa shape index (κ1) is 15.5. The Morgan fingerprint density at radius 2 is 2.00 bits per heavy atom. The zero-order valence-corrected chi connectivity index (χ0v) is 13.0. The summed E-state index contributed by atoms with van der Waals surface area (Å²) in [6.45, 7) is 0. The quantitative estimate of drug-likeness (QED) is 0.877. The van der Waals surface area contributed by atoms with Gasteiger partial charge in [-0.1, -0.05) is 36.8 Å². The summed E-state index contributed by atoms with van der Waals surface area (Å²) in [6, 6.07) is 10.5. The Morgan fingerprint density at radius 3 is 2.65 bits per heavy atom. The van der Waals surface area contributed by atoms with Gasteiger partial charge in [0.05, 0.1) is 11.0 Å². The molecule has 1 aromatic carbocycles. The maximum Gasteiger partial charge on any atom is 0.154 e. The van der Waals surface area contributed by atoms with Crippen molar-refractivity contribution in [1.29, 1.82) is 0 Å². The summed E-state index contributed by atoms with van der Waals surface area (Å²) in [5.74, 6) is 0.370. The smallest absolute Gasteiger partial charge is 0.154 e. The van der Waals surface area contributed by atoms with Crippen molar-refractivity contribution in [3.05, 3.63) is 35.9 Å². The summed E-state index contributed by atoms with van der Waals surface area (Å²) in [6.07, 6.45) is 5.67. The Bertz CT molecular complexity index is 498. The van der Waals surface area contributed by atoms with Crippen LogP contribution in [-0.4, -0.2) is 32.5 Å². The first-order chi connectivity index (χ1) is 9.63. The second-order valence-corrected chi connectivity index (χ2v) is 8.01. The monoisotopic (exact) mass is 295 g/mol. The second-order valence-electron chi connectivity index (χ2n) is 5.67. The van der Waals surface area contributed by atoms with Gasteiger partial charge in [0, 0.05) is 6.04 Å². The van der Waals surface area contributed by atoms with E-state index in [1.54, 1.807) is 0 Å². The third kappa shape index (κ3) is 4.06. The van der Waals surface area contributed by atoms with Crippen LogP contribution in [0.15, 0.2) is 30.3 Å². The Hall–Kier alpha value is -0.870. The molecule has 0 radical (unpaired) electrons. The lowest BCUT2D eigenvalue weighted by Crippen LogP contribution is -2.45. The van der Waals surface area contributed by atoms with E-state index in [0.717, 1.165) is 38.5 Å². The van der Waals surface area contributed by atoms with Gasteiger partial charge in [0.2, 0.25) is 0 Å². The number of aryl methyl sites for hydroxylation is 1. The van der Waals surface area contributed by atoms with Gasteiger partial charge in [-0.2, -0.15) is 0 Å². The number of sulfone groups is 1. The zero-order chi connectivity index (χ0) is 14.4. The fraction of sp³-hybridized carbons (Fsp3) is 0.625. The predicted octanol–water partition coefficient (Wildman–Crippen LogP) is 2.56. The van der Waals surface area contributed by atoms with Crippen LogP contribution in [0.3, 0.4) is 0 Å². The molecule has 112 valence electrons. The Balaban J connectivity index is 1.89. The lowest BCUT2D eigenvalue weighted by molar-refractivity contribution is 0.431. The number of benzene rings is 1. The summed E-state index contributed by atoms with van der Waals surface area (Å²) in [5, 5.41) is 3.05. The van der Waals surface area contributed by atoms with E-state index >= 15 is 0 Å². The van der Waals surface area contributed by atoms with E-state index < -0.39 is 9.84 Å². The fourth-order valence-corrected chi connectivity index (χ4v) is 5.33. The normalized spacial score (nSPS) is 23.4. The molecule has 2 rings (SSSR count). The maximum absolute atomic E-state index is 12.2. The van der Waals surface area contributed by atoms with Crippen LogP contribution in [0.1, 0.15) is 37.7 Å². The summed E-state index contributed by atoms with van der Waals surface area (Å²) in [4.78, 5) is 0. The van der Waals surface area contributed by atoms with Crippen molar-refractivity contribution in [3.63, 3.8) is 0 Å². The zero-order valence-electron chi connectivity index (χ0n) is 12.2. The van der Waals surface area contributed by atoms with Crippen LogP contribution in [0, 0.1) is 0 Å². The van der Waals surface area contributed by atoms with Gasteiger partial charge in [0.25, 0.3) is 0 Å². The molecule has 0 spiro atoms. The fourth-order valence-electron chi connectivity index (χ4n) is 3.12. The van der Waals surface area contributed by atoms with Gasteiger partial charge in [0.1, 0.15) is 0 Å². The molecule has 0 saturated carbocycles. The summed E-state index contributed by atoms with van der Waals surface area (Å²) in [5.41, 5.74) is 1.33. The largest absolute Gasteiger partial charge is 0.316 e. The summed E-state index contributed by atoms with van der Waals surface area (Å²) >= 11 is 0. The van der Waals surface area contributed by atoms with Gasteiger partial charge < -0.3 is 5.32 Å². The van der Waals surface area contributed by atoms with E-state index in [4.69, 9.17) is 0 Å². The molecular formula is C16H25NO2S. The number of nitrogens with one attached hydrogen (secondary N) is 1. The van der Waals surface area contributed by atoms with Crippen LogP contribution in [0.2, 0.25) is 0 Å². The highest BCUT2D eigenvalue weighted by Gasteiger charge is 2.34. The second kappa shape index (κ2) is 7.23. The molecule has 1 aliphatic heterocycles. The first-order valence-corrected chi connectivity index (χ1v) is 9.28. The Labute approximate surface area is 122 Å². The average Bonchev–Trinajstić information content (AvgIpc) is 2.45. The molecule has 0 aliphatic carbocycles. The molecular weight excluding hydrogens is 270 g/mol. The highest BCUT2D eigenvalue weighted by atomic mass is 32.2.